The van der Waals surface area contributed by atoms with Crippen LogP contribution in [0.5, 0.6) is 0 Å². The van der Waals surface area contributed by atoms with E-state index in [1.165, 1.54) is 0 Å². The summed E-state index contributed by atoms with van der Waals surface area (Å²) >= 11 is 0. The van der Waals surface area contributed by atoms with E-state index in [0.717, 1.165) is 0 Å². The van der Waals surface area contributed by atoms with E-state index in [4.69, 9.17) is 0 Å². The highest BCUT2D eigenvalue weighted by Gasteiger charge is 2.16. The highest BCUT2D eigenvalue weighted by atomic mass is 31.2. The fourth-order valence-electron chi connectivity index (χ4n) is 1.02. The van der Waals surface area contributed by atoms with Crippen LogP contribution in [0.2, 0.25) is 0 Å². The molecule has 68 valence electrons. The lowest BCUT2D eigenvalue weighted by Crippen LogP contribution is -2.21. The van der Waals surface area contributed by atoms with E-state index in [-0.39, 0.29) is 0 Å². The van der Waals surface area contributed by atoms with Crippen LogP contribution >= 0.6 is 8.37 Å². The predicted octanol–water partition coefficient (Wildman–Crippen LogP) is 0.476. The Bertz CT molecular complexity index is 212. The maximum Gasteiger partial charge on any atom is 0.171 e. The van der Waals surface area contributed by atoms with Crippen molar-refractivity contribution >= 4 is 8.37 Å². The van der Waals surface area contributed by atoms with Gasteiger partial charge in [0.25, 0.3) is 0 Å². The van der Waals surface area contributed by atoms with Crippen molar-refractivity contribution in [1.82, 2.24) is 23.9 Å². The summed E-state index contributed by atoms with van der Waals surface area (Å²) < 4.78 is 6.13. The van der Waals surface area contributed by atoms with Gasteiger partial charge in [0.15, 0.2) is 8.37 Å². The first kappa shape index (κ1) is 9.58. The molecule has 0 fully saturated rings. The van der Waals surface area contributed by atoms with Crippen molar-refractivity contribution in [3.8, 4) is 0 Å². The van der Waals surface area contributed by atoms with Gasteiger partial charge in [0.1, 0.15) is 12.7 Å². The van der Waals surface area contributed by atoms with Crippen molar-refractivity contribution in [2.24, 2.45) is 0 Å². The smallest absolute Gasteiger partial charge is 0.171 e. The third-order valence-corrected chi connectivity index (χ3v) is 3.31. The number of nitrogens with zero attached hydrogens (tertiary/aromatic N) is 5. The monoisotopic (exact) mass is 187 g/mol. The maximum absolute atomic E-state index is 4.11. The molecule has 0 aliphatic carbocycles. The van der Waals surface area contributed by atoms with E-state index in [1.54, 1.807) is 12.7 Å². The minimum Gasteiger partial charge on any atom is -0.257 e. The van der Waals surface area contributed by atoms with Crippen LogP contribution < -0.4 is 0 Å². The van der Waals surface area contributed by atoms with Gasteiger partial charge >= 0.3 is 0 Å². The van der Waals surface area contributed by atoms with Gasteiger partial charge in [-0.15, -0.1) is 0 Å². The second-order valence-electron chi connectivity index (χ2n) is 2.78. The Labute approximate surface area is 73.9 Å². The molecule has 1 rings (SSSR count). The predicted molar refractivity (Wildman–Crippen MR) is 49.7 cm³/mol. The summed E-state index contributed by atoms with van der Waals surface area (Å²) in [6.45, 7) is 0. The first-order chi connectivity index (χ1) is 5.63. The third kappa shape index (κ3) is 2.00. The fraction of sp³-hybridized carbons (Fsp3) is 0.667. The zero-order chi connectivity index (χ0) is 9.14. The van der Waals surface area contributed by atoms with Gasteiger partial charge in [-0.2, -0.15) is 5.10 Å². The molecular weight excluding hydrogens is 173 g/mol. The molecule has 0 unspecified atom stereocenters. The van der Waals surface area contributed by atoms with Crippen molar-refractivity contribution in [3.63, 3.8) is 0 Å². The van der Waals surface area contributed by atoms with Gasteiger partial charge < -0.3 is 0 Å². The van der Waals surface area contributed by atoms with Crippen molar-refractivity contribution in [3.05, 3.63) is 12.7 Å². The molecule has 0 aliphatic rings. The summed E-state index contributed by atoms with van der Waals surface area (Å²) in [5.41, 5.74) is 0. The van der Waals surface area contributed by atoms with Crippen LogP contribution in [-0.2, 0) is 0 Å². The van der Waals surface area contributed by atoms with Crippen LogP contribution in [0, 0.1) is 0 Å². The average molecular weight is 187 g/mol. The molecule has 6 heteroatoms. The molecule has 1 aromatic heterocycles. The lowest BCUT2D eigenvalue weighted by Gasteiger charge is -2.28. The lowest BCUT2D eigenvalue weighted by molar-refractivity contribution is 0.553. The van der Waals surface area contributed by atoms with Crippen molar-refractivity contribution in [1.29, 1.82) is 0 Å². The topological polar surface area (TPSA) is 37.2 Å². The van der Waals surface area contributed by atoms with Crippen LogP contribution in [0.15, 0.2) is 12.7 Å². The van der Waals surface area contributed by atoms with Crippen LogP contribution in [0.1, 0.15) is 0 Å². The molecule has 12 heavy (non-hydrogen) atoms. The normalized spacial score (nSPS) is 11.9. The van der Waals surface area contributed by atoms with E-state index >= 15 is 0 Å². The Hall–Kier alpha value is -0.510. The second kappa shape index (κ2) is 3.94. The molecule has 1 heterocycles. The van der Waals surface area contributed by atoms with Gasteiger partial charge in [-0.1, -0.05) is 0 Å². The van der Waals surface area contributed by atoms with Crippen molar-refractivity contribution in [2.45, 2.75) is 0 Å². The van der Waals surface area contributed by atoms with E-state index in [0.29, 0.717) is 0 Å². The molecule has 5 nitrogen and oxygen atoms in total. The van der Waals surface area contributed by atoms with E-state index < -0.39 is 8.37 Å². The van der Waals surface area contributed by atoms with E-state index in [2.05, 4.69) is 19.4 Å². The minimum atomic E-state index is -0.527. The van der Waals surface area contributed by atoms with Crippen LogP contribution in [0.4, 0.5) is 0 Å². The zero-order valence-corrected chi connectivity index (χ0v) is 8.73. The number of hydrogen-bond acceptors (Lipinski definition) is 4. The molecule has 0 N–H and O–H groups in total. The summed E-state index contributed by atoms with van der Waals surface area (Å²) in [6.07, 6.45) is 3.30. The molecule has 0 saturated heterocycles. The largest absolute Gasteiger partial charge is 0.257 e. The summed E-state index contributed by atoms with van der Waals surface area (Å²) in [6, 6.07) is 0. The molecule has 0 radical (unpaired) electrons. The van der Waals surface area contributed by atoms with Gasteiger partial charge in [-0.25, -0.2) is 9.44 Å². The van der Waals surface area contributed by atoms with Crippen LogP contribution in [0.25, 0.3) is 0 Å². The summed E-state index contributed by atoms with van der Waals surface area (Å²) in [7, 11) is 7.61. The average Bonchev–Trinajstić information content (AvgIpc) is 2.37. The molecule has 1 aromatic rings. The quantitative estimate of drug-likeness (QED) is 0.645. The summed E-state index contributed by atoms with van der Waals surface area (Å²) in [5.74, 6) is 0. The molecule has 0 saturated carbocycles. The molecule has 0 aliphatic heterocycles. The van der Waals surface area contributed by atoms with Crippen molar-refractivity contribution in [2.75, 3.05) is 28.2 Å². The first-order valence-electron chi connectivity index (χ1n) is 3.62. The highest BCUT2D eigenvalue weighted by Crippen LogP contribution is 2.39. The van der Waals surface area contributed by atoms with Crippen molar-refractivity contribution < 1.29 is 0 Å². The van der Waals surface area contributed by atoms with Crippen LogP contribution in [0.3, 0.4) is 0 Å². The SMILES string of the molecule is CN(C)P(N(C)C)n1cncn1. The Morgan fingerprint density at radius 1 is 1.17 bits per heavy atom. The molecular formula is C6H14N5P. The third-order valence-electron chi connectivity index (χ3n) is 1.31. The Morgan fingerprint density at radius 2 is 1.75 bits per heavy atom. The molecule has 0 amide bonds. The number of aromatic nitrogens is 3. The Kier molecular flexibility index (Phi) is 3.14. The number of hydrogen-bond donors (Lipinski definition) is 0. The molecule has 0 atom stereocenters. The van der Waals surface area contributed by atoms with E-state index in [9.17, 15) is 0 Å². The Morgan fingerprint density at radius 3 is 2.08 bits per heavy atom. The lowest BCUT2D eigenvalue weighted by atomic mass is 11.3. The highest BCUT2D eigenvalue weighted by molar-refractivity contribution is 7.50. The summed E-state index contributed by atoms with van der Waals surface area (Å²) in [4.78, 5) is 3.92. The van der Waals surface area contributed by atoms with Gasteiger partial charge in [0.2, 0.25) is 0 Å². The molecule has 0 spiro atoms. The minimum absolute atomic E-state index is 0.527. The van der Waals surface area contributed by atoms with Gasteiger partial charge in [-0.05, 0) is 28.2 Å². The maximum atomic E-state index is 4.11. The summed E-state index contributed by atoms with van der Waals surface area (Å²) in [5, 5.41) is 4.11. The van der Waals surface area contributed by atoms with E-state index in [1.807, 2.05) is 32.6 Å². The van der Waals surface area contributed by atoms with Gasteiger partial charge in [0, 0.05) is 0 Å². The molecule has 0 aromatic carbocycles. The van der Waals surface area contributed by atoms with Gasteiger partial charge in [-0.3, -0.25) is 9.34 Å². The Balaban J connectivity index is 2.81. The standard InChI is InChI=1S/C6H14N5P/c1-9(2)12(10(3)4)11-6-7-5-8-11/h5-6H,1-4H3. The number of rotatable bonds is 3. The molecule has 0 bridgehead atoms. The second-order valence-corrected chi connectivity index (χ2v) is 5.33. The first-order valence-corrected chi connectivity index (χ1v) is 4.82. The van der Waals surface area contributed by atoms with Gasteiger partial charge in [0.05, 0.1) is 0 Å². The zero-order valence-electron chi connectivity index (χ0n) is 7.84. The fourth-order valence-corrected chi connectivity index (χ4v) is 2.76. The van der Waals surface area contributed by atoms with Crippen LogP contribution in [-0.4, -0.2) is 52.1 Å².